The standard InChI is InChI=1S/C18H21NO3S/c1-3-22-17(20)11-12-19(18(21)16-10-7-13-23-16)14(2)15-8-5-4-6-9-15/h4-10,13-14H,3,11-12H2,1-2H3. The topological polar surface area (TPSA) is 46.6 Å². The number of carbonyl (C=O) groups excluding carboxylic acids is 2. The Balaban J connectivity index is 2.17. The molecule has 0 spiro atoms. The van der Waals surface area contributed by atoms with Crippen LogP contribution in [-0.2, 0) is 9.53 Å². The Morgan fingerprint density at radius 2 is 1.91 bits per heavy atom. The van der Waals surface area contributed by atoms with Gasteiger partial charge >= 0.3 is 5.97 Å². The van der Waals surface area contributed by atoms with E-state index in [-0.39, 0.29) is 24.3 Å². The van der Waals surface area contributed by atoms with Crippen molar-refractivity contribution in [1.29, 1.82) is 0 Å². The van der Waals surface area contributed by atoms with Crippen molar-refractivity contribution in [3.05, 3.63) is 58.3 Å². The molecular formula is C18H21NO3S. The summed E-state index contributed by atoms with van der Waals surface area (Å²) in [4.78, 5) is 26.8. The van der Waals surface area contributed by atoms with Crippen molar-refractivity contribution in [3.63, 3.8) is 0 Å². The van der Waals surface area contributed by atoms with Crippen molar-refractivity contribution in [3.8, 4) is 0 Å². The van der Waals surface area contributed by atoms with E-state index in [4.69, 9.17) is 4.74 Å². The maximum absolute atomic E-state index is 12.8. The normalized spacial score (nSPS) is 11.7. The van der Waals surface area contributed by atoms with E-state index in [0.29, 0.717) is 18.0 Å². The zero-order valence-electron chi connectivity index (χ0n) is 13.4. The van der Waals surface area contributed by atoms with E-state index in [9.17, 15) is 9.59 Å². The largest absolute Gasteiger partial charge is 0.466 e. The van der Waals surface area contributed by atoms with Crippen LogP contribution in [0.2, 0.25) is 0 Å². The van der Waals surface area contributed by atoms with Gasteiger partial charge in [-0.3, -0.25) is 9.59 Å². The zero-order valence-corrected chi connectivity index (χ0v) is 14.2. The lowest BCUT2D eigenvalue weighted by Gasteiger charge is -2.29. The predicted molar refractivity (Wildman–Crippen MR) is 91.5 cm³/mol. The summed E-state index contributed by atoms with van der Waals surface area (Å²) >= 11 is 1.41. The van der Waals surface area contributed by atoms with Gasteiger partial charge in [0.05, 0.1) is 23.9 Å². The van der Waals surface area contributed by atoms with Gasteiger partial charge in [0.25, 0.3) is 5.91 Å². The number of esters is 1. The third kappa shape index (κ3) is 4.66. The first-order valence-electron chi connectivity index (χ1n) is 7.68. The van der Waals surface area contributed by atoms with Crippen LogP contribution < -0.4 is 0 Å². The molecule has 0 aliphatic carbocycles. The van der Waals surface area contributed by atoms with E-state index in [1.165, 1.54) is 11.3 Å². The second kappa shape index (κ2) is 8.48. The summed E-state index contributed by atoms with van der Waals surface area (Å²) in [5.74, 6) is -0.336. The summed E-state index contributed by atoms with van der Waals surface area (Å²) in [7, 11) is 0. The smallest absolute Gasteiger partial charge is 0.307 e. The highest BCUT2D eigenvalue weighted by molar-refractivity contribution is 7.12. The number of ether oxygens (including phenoxy) is 1. The first-order valence-corrected chi connectivity index (χ1v) is 8.56. The molecule has 0 N–H and O–H groups in total. The minimum atomic E-state index is -0.281. The molecular weight excluding hydrogens is 310 g/mol. The number of carbonyl (C=O) groups is 2. The molecule has 4 nitrogen and oxygen atoms in total. The van der Waals surface area contributed by atoms with Crippen molar-refractivity contribution in [2.45, 2.75) is 26.3 Å². The Morgan fingerprint density at radius 1 is 1.17 bits per heavy atom. The lowest BCUT2D eigenvalue weighted by molar-refractivity contribution is -0.143. The summed E-state index contributed by atoms with van der Waals surface area (Å²) in [6.45, 7) is 4.45. The van der Waals surface area contributed by atoms with Gasteiger partial charge in [0.15, 0.2) is 0 Å². The Bertz CT molecular complexity index is 625. The molecule has 1 aromatic carbocycles. The molecule has 5 heteroatoms. The van der Waals surface area contributed by atoms with E-state index >= 15 is 0 Å². The molecule has 2 aromatic rings. The second-order valence-corrected chi connectivity index (χ2v) is 6.07. The number of amides is 1. The predicted octanol–water partition coefficient (Wildman–Crippen LogP) is 3.90. The van der Waals surface area contributed by atoms with Gasteiger partial charge in [0.1, 0.15) is 0 Å². The molecule has 0 aliphatic rings. The fourth-order valence-corrected chi connectivity index (χ4v) is 3.05. The van der Waals surface area contributed by atoms with Crippen LogP contribution in [-0.4, -0.2) is 29.9 Å². The Kier molecular flexibility index (Phi) is 6.35. The molecule has 0 saturated heterocycles. The average Bonchev–Trinajstić information content (AvgIpc) is 3.10. The number of rotatable bonds is 7. The van der Waals surface area contributed by atoms with Crippen molar-refractivity contribution >= 4 is 23.2 Å². The number of hydrogen-bond acceptors (Lipinski definition) is 4. The molecule has 0 radical (unpaired) electrons. The lowest BCUT2D eigenvalue weighted by atomic mass is 10.1. The van der Waals surface area contributed by atoms with E-state index in [2.05, 4.69) is 0 Å². The van der Waals surface area contributed by atoms with Gasteiger partial charge in [0.2, 0.25) is 0 Å². The first kappa shape index (κ1) is 17.2. The first-order chi connectivity index (χ1) is 11.1. The number of benzene rings is 1. The fourth-order valence-electron chi connectivity index (χ4n) is 2.37. The molecule has 0 bridgehead atoms. The molecule has 2 rings (SSSR count). The molecule has 23 heavy (non-hydrogen) atoms. The Hall–Kier alpha value is -2.14. The van der Waals surface area contributed by atoms with Gasteiger partial charge < -0.3 is 9.64 Å². The van der Waals surface area contributed by atoms with Crippen molar-refractivity contribution in [2.75, 3.05) is 13.2 Å². The Labute approximate surface area is 140 Å². The number of hydrogen-bond donors (Lipinski definition) is 0. The fraction of sp³-hybridized carbons (Fsp3) is 0.333. The lowest BCUT2D eigenvalue weighted by Crippen LogP contribution is -2.35. The summed E-state index contributed by atoms with van der Waals surface area (Å²) in [5.41, 5.74) is 1.04. The minimum absolute atomic E-state index is 0.0550. The van der Waals surface area contributed by atoms with Gasteiger partial charge in [-0.1, -0.05) is 36.4 Å². The number of thiophene rings is 1. The zero-order chi connectivity index (χ0) is 16.7. The van der Waals surface area contributed by atoms with E-state index in [1.54, 1.807) is 11.8 Å². The van der Waals surface area contributed by atoms with E-state index in [0.717, 1.165) is 5.56 Å². The molecule has 0 saturated carbocycles. The van der Waals surface area contributed by atoms with Crippen molar-refractivity contribution in [1.82, 2.24) is 4.90 Å². The van der Waals surface area contributed by atoms with Crippen molar-refractivity contribution < 1.29 is 14.3 Å². The third-order valence-corrected chi connectivity index (χ3v) is 4.46. The highest BCUT2D eigenvalue weighted by Gasteiger charge is 2.24. The number of nitrogens with zero attached hydrogens (tertiary/aromatic N) is 1. The van der Waals surface area contributed by atoms with Gasteiger partial charge in [-0.05, 0) is 30.9 Å². The Morgan fingerprint density at radius 3 is 2.52 bits per heavy atom. The summed E-state index contributed by atoms with van der Waals surface area (Å²) in [6.07, 6.45) is 0.197. The summed E-state index contributed by atoms with van der Waals surface area (Å²) in [6, 6.07) is 13.4. The summed E-state index contributed by atoms with van der Waals surface area (Å²) < 4.78 is 4.97. The van der Waals surface area contributed by atoms with Crippen LogP contribution in [0.5, 0.6) is 0 Å². The van der Waals surface area contributed by atoms with Crippen LogP contribution in [0.3, 0.4) is 0 Å². The van der Waals surface area contributed by atoms with Gasteiger partial charge in [0, 0.05) is 6.54 Å². The highest BCUT2D eigenvalue weighted by Crippen LogP contribution is 2.24. The third-order valence-electron chi connectivity index (χ3n) is 3.60. The second-order valence-electron chi connectivity index (χ2n) is 5.12. The molecule has 1 heterocycles. The quantitative estimate of drug-likeness (QED) is 0.723. The minimum Gasteiger partial charge on any atom is -0.466 e. The molecule has 1 amide bonds. The van der Waals surface area contributed by atoms with Crippen LogP contribution in [0.4, 0.5) is 0 Å². The monoisotopic (exact) mass is 331 g/mol. The average molecular weight is 331 g/mol. The van der Waals surface area contributed by atoms with Gasteiger partial charge in [-0.25, -0.2) is 0 Å². The maximum Gasteiger partial charge on any atom is 0.307 e. The summed E-state index contributed by atoms with van der Waals surface area (Å²) in [5, 5.41) is 1.88. The molecule has 0 aliphatic heterocycles. The van der Waals surface area contributed by atoms with Crippen LogP contribution in [0.25, 0.3) is 0 Å². The van der Waals surface area contributed by atoms with Crippen LogP contribution in [0, 0.1) is 0 Å². The molecule has 1 atom stereocenters. The highest BCUT2D eigenvalue weighted by atomic mass is 32.1. The molecule has 1 unspecified atom stereocenters. The maximum atomic E-state index is 12.8. The van der Waals surface area contributed by atoms with Crippen LogP contribution in [0.1, 0.15) is 41.5 Å². The van der Waals surface area contributed by atoms with Crippen LogP contribution in [0.15, 0.2) is 47.8 Å². The van der Waals surface area contributed by atoms with Crippen molar-refractivity contribution in [2.24, 2.45) is 0 Å². The van der Waals surface area contributed by atoms with E-state index < -0.39 is 0 Å². The molecule has 122 valence electrons. The van der Waals surface area contributed by atoms with E-state index in [1.807, 2.05) is 54.8 Å². The SMILES string of the molecule is CCOC(=O)CCN(C(=O)c1cccs1)C(C)c1ccccc1. The molecule has 1 aromatic heterocycles. The van der Waals surface area contributed by atoms with Gasteiger partial charge in [-0.15, -0.1) is 11.3 Å². The van der Waals surface area contributed by atoms with Crippen LogP contribution >= 0.6 is 11.3 Å². The molecule has 0 fully saturated rings. The van der Waals surface area contributed by atoms with Gasteiger partial charge in [-0.2, -0.15) is 0 Å².